The number of carbonyl (C=O) groups is 2. The summed E-state index contributed by atoms with van der Waals surface area (Å²) in [5.41, 5.74) is 1.73. The highest BCUT2D eigenvalue weighted by atomic mass is 16.4. The number of aromatic nitrogens is 2. The van der Waals surface area contributed by atoms with Crippen LogP contribution in [0, 0.1) is 11.8 Å². The number of nitrogens with zero attached hydrogens (tertiary/aromatic N) is 3. The van der Waals surface area contributed by atoms with Gasteiger partial charge in [-0.3, -0.25) is 9.59 Å². The lowest BCUT2D eigenvalue weighted by Gasteiger charge is -2.48. The number of imidazole rings is 1. The molecule has 3 aliphatic rings. The molecule has 1 saturated carbocycles. The fourth-order valence-electron chi connectivity index (χ4n) is 4.20. The second-order valence-electron chi connectivity index (χ2n) is 7.08. The molecule has 3 fully saturated rings. The minimum Gasteiger partial charge on any atom is -0.481 e. The Morgan fingerprint density at radius 2 is 2.00 bits per heavy atom. The summed E-state index contributed by atoms with van der Waals surface area (Å²) in [4.78, 5) is 30.2. The molecule has 130 valence electrons. The molecule has 5 rings (SSSR count). The third kappa shape index (κ3) is 3.04. The number of hydrogen-bond acceptors (Lipinski definition) is 3. The summed E-state index contributed by atoms with van der Waals surface area (Å²) in [6.07, 6.45) is 7.93. The molecule has 3 atom stereocenters. The largest absolute Gasteiger partial charge is 0.481 e. The van der Waals surface area contributed by atoms with E-state index in [1.807, 2.05) is 35.0 Å². The quantitative estimate of drug-likeness (QED) is 0.927. The lowest BCUT2D eigenvalue weighted by atomic mass is 9.72. The van der Waals surface area contributed by atoms with E-state index in [4.69, 9.17) is 0 Å². The number of carbonyl (C=O) groups excluding carboxylic acids is 1. The highest BCUT2D eigenvalue weighted by Crippen LogP contribution is 2.39. The maximum Gasteiger partial charge on any atom is 0.308 e. The first kappa shape index (κ1) is 15.9. The van der Waals surface area contributed by atoms with Gasteiger partial charge in [-0.25, -0.2) is 4.98 Å². The Balaban J connectivity index is 1.50. The van der Waals surface area contributed by atoms with Gasteiger partial charge in [-0.15, -0.1) is 0 Å². The third-order valence-corrected chi connectivity index (χ3v) is 5.48. The molecular formula is C19H21N3O3. The van der Waals surface area contributed by atoms with E-state index in [1.165, 1.54) is 0 Å². The van der Waals surface area contributed by atoms with Crippen LogP contribution in [0.25, 0.3) is 0 Å². The molecule has 1 aliphatic carbocycles. The minimum atomic E-state index is -0.775. The van der Waals surface area contributed by atoms with E-state index in [9.17, 15) is 14.7 Å². The minimum absolute atomic E-state index is 0.0465. The van der Waals surface area contributed by atoms with E-state index >= 15 is 0 Å². The van der Waals surface area contributed by atoms with Gasteiger partial charge in [0.05, 0.1) is 12.2 Å². The molecule has 1 N–H and O–H groups in total. The molecule has 2 saturated heterocycles. The van der Waals surface area contributed by atoms with E-state index in [2.05, 4.69) is 4.98 Å². The van der Waals surface area contributed by atoms with E-state index < -0.39 is 11.9 Å². The van der Waals surface area contributed by atoms with Crippen molar-refractivity contribution in [2.45, 2.75) is 31.8 Å². The van der Waals surface area contributed by atoms with Gasteiger partial charge in [0.15, 0.2) is 0 Å². The van der Waals surface area contributed by atoms with Crippen molar-refractivity contribution in [2.24, 2.45) is 11.8 Å². The van der Waals surface area contributed by atoms with E-state index in [0.29, 0.717) is 31.0 Å². The molecule has 2 aromatic rings. The second-order valence-corrected chi connectivity index (χ2v) is 7.08. The van der Waals surface area contributed by atoms with Gasteiger partial charge in [0, 0.05) is 37.1 Å². The van der Waals surface area contributed by atoms with Crippen molar-refractivity contribution in [1.29, 1.82) is 0 Å². The van der Waals surface area contributed by atoms with Crippen LogP contribution in [0.2, 0.25) is 0 Å². The number of rotatable bonds is 4. The van der Waals surface area contributed by atoms with Crippen LogP contribution in [0.4, 0.5) is 0 Å². The summed E-state index contributed by atoms with van der Waals surface area (Å²) in [6, 6.07) is 7.41. The van der Waals surface area contributed by atoms with Gasteiger partial charge in [0.2, 0.25) is 0 Å². The van der Waals surface area contributed by atoms with Crippen molar-refractivity contribution in [2.75, 3.05) is 6.54 Å². The van der Waals surface area contributed by atoms with E-state index in [-0.39, 0.29) is 11.9 Å². The maximum absolute atomic E-state index is 12.9. The summed E-state index contributed by atoms with van der Waals surface area (Å²) in [7, 11) is 0. The Labute approximate surface area is 146 Å². The molecule has 0 radical (unpaired) electrons. The number of fused-ring (bicyclic) bond motifs is 3. The van der Waals surface area contributed by atoms with Crippen molar-refractivity contribution in [3.63, 3.8) is 0 Å². The first-order valence-electron chi connectivity index (χ1n) is 8.70. The number of carboxylic acids is 1. The number of aliphatic carboxylic acids is 1. The van der Waals surface area contributed by atoms with Gasteiger partial charge >= 0.3 is 5.97 Å². The fraction of sp³-hybridized carbons (Fsp3) is 0.421. The highest BCUT2D eigenvalue weighted by Gasteiger charge is 2.45. The van der Waals surface area contributed by atoms with Gasteiger partial charge in [-0.2, -0.15) is 0 Å². The molecule has 1 amide bonds. The molecule has 0 spiro atoms. The van der Waals surface area contributed by atoms with Gasteiger partial charge in [0.25, 0.3) is 5.91 Å². The Morgan fingerprint density at radius 1 is 1.20 bits per heavy atom. The zero-order valence-electron chi connectivity index (χ0n) is 13.9. The molecule has 2 bridgehead atoms. The van der Waals surface area contributed by atoms with Crippen LogP contribution in [0.5, 0.6) is 0 Å². The molecule has 1 aromatic carbocycles. The van der Waals surface area contributed by atoms with Crippen LogP contribution in [-0.2, 0) is 11.3 Å². The monoisotopic (exact) mass is 339 g/mol. The summed E-state index contributed by atoms with van der Waals surface area (Å²) in [5.74, 6) is -0.926. The molecule has 3 heterocycles. The summed E-state index contributed by atoms with van der Waals surface area (Å²) in [6.45, 7) is 1.40. The summed E-state index contributed by atoms with van der Waals surface area (Å²) >= 11 is 0. The fourth-order valence-corrected chi connectivity index (χ4v) is 4.20. The van der Waals surface area contributed by atoms with Crippen LogP contribution in [0.15, 0.2) is 43.0 Å². The molecule has 1 aromatic heterocycles. The SMILES string of the molecule is O=C(O)[C@@H]1C[C@H]2CC[C@@H]1N(C(=O)c1ccc(Cn3ccnc3)cc1)C2. The van der Waals surface area contributed by atoms with Crippen LogP contribution in [-0.4, -0.2) is 44.0 Å². The van der Waals surface area contributed by atoms with Crippen LogP contribution < -0.4 is 0 Å². The zero-order chi connectivity index (χ0) is 17.4. The van der Waals surface area contributed by atoms with Gasteiger partial charge < -0.3 is 14.6 Å². The Kier molecular flexibility index (Phi) is 4.03. The maximum atomic E-state index is 12.9. The number of piperidine rings is 2. The van der Waals surface area contributed by atoms with Crippen LogP contribution in [0.1, 0.15) is 35.2 Å². The topological polar surface area (TPSA) is 75.4 Å². The summed E-state index contributed by atoms with van der Waals surface area (Å²) in [5, 5.41) is 9.44. The second kappa shape index (κ2) is 6.35. The first-order valence-corrected chi connectivity index (χ1v) is 8.70. The van der Waals surface area contributed by atoms with Gasteiger partial charge in [-0.1, -0.05) is 12.1 Å². The van der Waals surface area contributed by atoms with E-state index in [0.717, 1.165) is 18.4 Å². The number of carboxylic acid groups (broad SMARTS) is 1. The third-order valence-electron chi connectivity index (χ3n) is 5.48. The Morgan fingerprint density at radius 3 is 2.64 bits per heavy atom. The van der Waals surface area contributed by atoms with Gasteiger partial charge in [-0.05, 0) is 42.9 Å². The predicted molar refractivity (Wildman–Crippen MR) is 91.1 cm³/mol. The van der Waals surface area contributed by atoms with Crippen molar-refractivity contribution < 1.29 is 14.7 Å². The van der Waals surface area contributed by atoms with Crippen molar-refractivity contribution in [1.82, 2.24) is 14.5 Å². The van der Waals surface area contributed by atoms with Crippen LogP contribution in [0.3, 0.4) is 0 Å². The number of hydrogen-bond donors (Lipinski definition) is 1. The standard InChI is InChI=1S/C19H21N3O3/c23-18(22-11-14-3-6-17(22)16(9-14)19(24)25)15-4-1-13(2-5-15)10-21-8-7-20-12-21/h1-2,4-5,7-8,12,14,16-17H,3,6,9-11H2,(H,24,25)/t14-,16-,17+/m1/s1. The lowest BCUT2D eigenvalue weighted by Crippen LogP contribution is -2.57. The molecular weight excluding hydrogens is 318 g/mol. The van der Waals surface area contributed by atoms with Crippen molar-refractivity contribution in [3.8, 4) is 0 Å². The smallest absolute Gasteiger partial charge is 0.308 e. The van der Waals surface area contributed by atoms with Crippen LogP contribution >= 0.6 is 0 Å². The molecule has 6 heteroatoms. The van der Waals surface area contributed by atoms with Gasteiger partial charge in [0.1, 0.15) is 0 Å². The molecule has 25 heavy (non-hydrogen) atoms. The Hall–Kier alpha value is -2.63. The Bertz CT molecular complexity index is 770. The van der Waals surface area contributed by atoms with Crippen molar-refractivity contribution in [3.05, 3.63) is 54.1 Å². The number of benzene rings is 1. The van der Waals surface area contributed by atoms with E-state index in [1.54, 1.807) is 17.4 Å². The lowest BCUT2D eigenvalue weighted by molar-refractivity contribution is -0.148. The number of amides is 1. The average molecular weight is 339 g/mol. The average Bonchev–Trinajstić information content (AvgIpc) is 3.15. The van der Waals surface area contributed by atoms with Crippen molar-refractivity contribution >= 4 is 11.9 Å². The summed E-state index contributed by atoms with van der Waals surface area (Å²) < 4.78 is 1.97. The first-order chi connectivity index (χ1) is 12.1. The predicted octanol–water partition coefficient (Wildman–Crippen LogP) is 2.26. The molecule has 0 unspecified atom stereocenters. The molecule has 6 nitrogen and oxygen atoms in total. The zero-order valence-corrected chi connectivity index (χ0v) is 13.9. The normalized spacial score (nSPS) is 25.1. The molecule has 2 aliphatic heterocycles. The highest BCUT2D eigenvalue weighted by molar-refractivity contribution is 5.95.